The summed E-state index contributed by atoms with van der Waals surface area (Å²) in [6.07, 6.45) is 3.44. The molecular weight excluding hydrogens is 410 g/mol. The lowest BCUT2D eigenvalue weighted by Crippen LogP contribution is -2.16. The molecule has 0 saturated carbocycles. The van der Waals surface area contributed by atoms with Crippen LogP contribution in [0, 0.1) is 18.6 Å². The minimum absolute atomic E-state index is 0.128. The first kappa shape index (κ1) is 20.1. The van der Waals surface area contributed by atoms with Crippen LogP contribution in [0.3, 0.4) is 0 Å². The Morgan fingerprint density at radius 2 is 1.89 bits per heavy atom. The van der Waals surface area contributed by atoms with E-state index in [1.165, 1.54) is 18.6 Å². The molecular formula is C18H15ClF2N4O2S. The van der Waals surface area contributed by atoms with Crippen molar-refractivity contribution in [2.45, 2.75) is 25.2 Å². The summed E-state index contributed by atoms with van der Waals surface area (Å²) in [5.41, 5.74) is 2.20. The molecule has 2 aromatic heterocycles. The number of hydrogen-bond donors (Lipinski definition) is 1. The Hall–Kier alpha value is -2.65. The zero-order valence-corrected chi connectivity index (χ0v) is 16.4. The van der Waals surface area contributed by atoms with Crippen LogP contribution in [-0.4, -0.2) is 23.4 Å². The molecule has 0 aliphatic rings. The Bertz CT molecular complexity index is 1160. The molecule has 28 heavy (non-hydrogen) atoms. The van der Waals surface area contributed by atoms with E-state index in [0.717, 1.165) is 12.1 Å². The smallest absolute Gasteiger partial charge is 0.264 e. The van der Waals surface area contributed by atoms with Crippen molar-refractivity contribution in [1.29, 1.82) is 0 Å². The molecule has 3 aromatic rings. The number of aryl methyl sites for hydroxylation is 2. The molecule has 146 valence electrons. The van der Waals surface area contributed by atoms with Crippen molar-refractivity contribution in [2.24, 2.45) is 0 Å². The molecule has 0 aliphatic carbocycles. The van der Waals surface area contributed by atoms with Crippen molar-refractivity contribution in [2.75, 3.05) is 4.72 Å². The number of sulfonamides is 1. The maximum atomic E-state index is 13.9. The summed E-state index contributed by atoms with van der Waals surface area (Å²) >= 11 is 6.20. The van der Waals surface area contributed by atoms with E-state index in [2.05, 4.69) is 19.7 Å². The zero-order valence-electron chi connectivity index (χ0n) is 14.9. The van der Waals surface area contributed by atoms with Gasteiger partial charge < -0.3 is 0 Å². The molecule has 0 unspecified atom stereocenters. The van der Waals surface area contributed by atoms with Gasteiger partial charge in [-0.1, -0.05) is 18.5 Å². The third-order valence-electron chi connectivity index (χ3n) is 4.02. The highest BCUT2D eigenvalue weighted by Gasteiger charge is 2.22. The normalized spacial score (nSPS) is 11.5. The van der Waals surface area contributed by atoms with E-state index < -0.39 is 26.6 Å². The average Bonchev–Trinajstić information content (AvgIpc) is 2.63. The lowest BCUT2D eigenvalue weighted by Gasteiger charge is -2.14. The minimum Gasteiger partial charge on any atom is -0.278 e. The standard InChI is InChI=1S/C18H15ClF2N4O2S/c1-3-14-17(18(19)24-9-23-14)11-6-15(10(2)22-8-11)25-28(26,27)16-5-4-12(20)7-13(16)21/h4-9,25H,3H2,1-2H3. The number of rotatable bonds is 5. The molecule has 2 heterocycles. The van der Waals surface area contributed by atoms with Crippen molar-refractivity contribution in [3.8, 4) is 11.1 Å². The van der Waals surface area contributed by atoms with Crippen LogP contribution in [0.5, 0.6) is 0 Å². The largest absolute Gasteiger partial charge is 0.278 e. The monoisotopic (exact) mass is 424 g/mol. The van der Waals surface area contributed by atoms with E-state index in [0.29, 0.717) is 35.0 Å². The van der Waals surface area contributed by atoms with Crippen LogP contribution >= 0.6 is 11.6 Å². The first-order valence-corrected chi connectivity index (χ1v) is 10.0. The molecule has 10 heteroatoms. The van der Waals surface area contributed by atoms with E-state index in [9.17, 15) is 17.2 Å². The number of halogens is 3. The summed E-state index contributed by atoms with van der Waals surface area (Å²) in [5, 5.41) is 0.205. The molecule has 0 fully saturated rings. The lowest BCUT2D eigenvalue weighted by atomic mass is 10.1. The summed E-state index contributed by atoms with van der Waals surface area (Å²) in [7, 11) is -4.30. The maximum absolute atomic E-state index is 13.9. The van der Waals surface area contributed by atoms with Gasteiger partial charge in [0, 0.05) is 23.4 Å². The number of pyridine rings is 1. The van der Waals surface area contributed by atoms with Crippen molar-refractivity contribution in [3.63, 3.8) is 0 Å². The van der Waals surface area contributed by atoms with Crippen molar-refractivity contribution < 1.29 is 17.2 Å². The van der Waals surface area contributed by atoms with Crippen LogP contribution in [0.2, 0.25) is 5.15 Å². The first-order valence-electron chi connectivity index (χ1n) is 8.17. The van der Waals surface area contributed by atoms with Crippen LogP contribution in [0.15, 0.2) is 41.7 Å². The van der Waals surface area contributed by atoms with Crippen LogP contribution in [0.1, 0.15) is 18.3 Å². The van der Waals surface area contributed by atoms with E-state index in [1.54, 1.807) is 6.92 Å². The van der Waals surface area contributed by atoms with Gasteiger partial charge >= 0.3 is 0 Å². The third-order valence-corrected chi connectivity index (χ3v) is 5.70. The van der Waals surface area contributed by atoms with Gasteiger partial charge in [-0.05, 0) is 31.5 Å². The highest BCUT2D eigenvalue weighted by atomic mass is 35.5. The number of benzene rings is 1. The lowest BCUT2D eigenvalue weighted by molar-refractivity contribution is 0.551. The summed E-state index contributed by atoms with van der Waals surface area (Å²) < 4.78 is 54.5. The second kappa shape index (κ2) is 7.76. The number of nitrogens with one attached hydrogen (secondary N) is 1. The van der Waals surface area contributed by atoms with Crippen molar-refractivity contribution in [3.05, 3.63) is 65.0 Å². The fraction of sp³-hybridized carbons (Fsp3) is 0.167. The second-order valence-electron chi connectivity index (χ2n) is 5.88. The van der Waals surface area contributed by atoms with Gasteiger partial charge in [0.05, 0.1) is 17.1 Å². The van der Waals surface area contributed by atoms with Gasteiger partial charge in [-0.15, -0.1) is 0 Å². The van der Waals surface area contributed by atoms with Crippen LogP contribution in [-0.2, 0) is 16.4 Å². The Kier molecular flexibility index (Phi) is 5.57. The summed E-state index contributed by atoms with van der Waals surface area (Å²) in [6.45, 7) is 3.48. The number of anilines is 1. The van der Waals surface area contributed by atoms with E-state index in [-0.39, 0.29) is 10.8 Å². The summed E-state index contributed by atoms with van der Waals surface area (Å²) in [6, 6.07) is 3.75. The number of nitrogens with zero attached hydrogens (tertiary/aromatic N) is 3. The van der Waals surface area contributed by atoms with Gasteiger partial charge in [0.15, 0.2) is 0 Å². The molecule has 1 N–H and O–H groups in total. The predicted octanol–water partition coefficient (Wildman–Crippen LogP) is 4.14. The molecule has 0 aliphatic heterocycles. The van der Waals surface area contributed by atoms with Gasteiger partial charge in [0.1, 0.15) is 28.0 Å². The second-order valence-corrected chi connectivity index (χ2v) is 7.89. The van der Waals surface area contributed by atoms with Gasteiger partial charge in [0.2, 0.25) is 0 Å². The molecule has 0 radical (unpaired) electrons. The highest BCUT2D eigenvalue weighted by molar-refractivity contribution is 7.92. The quantitative estimate of drug-likeness (QED) is 0.622. The van der Waals surface area contributed by atoms with Gasteiger partial charge in [0.25, 0.3) is 10.0 Å². The molecule has 0 spiro atoms. The summed E-state index contributed by atoms with van der Waals surface area (Å²) in [4.78, 5) is 11.7. The fourth-order valence-electron chi connectivity index (χ4n) is 2.62. The van der Waals surface area contributed by atoms with E-state index in [4.69, 9.17) is 11.6 Å². The molecule has 0 bridgehead atoms. The Morgan fingerprint density at radius 3 is 2.57 bits per heavy atom. The SMILES string of the molecule is CCc1ncnc(Cl)c1-c1cnc(C)c(NS(=O)(=O)c2ccc(F)cc2F)c1. The predicted molar refractivity (Wildman–Crippen MR) is 102 cm³/mol. The molecule has 0 saturated heterocycles. The summed E-state index contributed by atoms with van der Waals surface area (Å²) in [5.74, 6) is -2.07. The van der Waals surface area contributed by atoms with Crippen molar-refractivity contribution in [1.82, 2.24) is 15.0 Å². The minimum atomic E-state index is -4.30. The average molecular weight is 425 g/mol. The van der Waals surface area contributed by atoms with Crippen LogP contribution in [0.4, 0.5) is 14.5 Å². The molecule has 0 amide bonds. The number of aromatic nitrogens is 3. The molecule has 1 aromatic carbocycles. The van der Waals surface area contributed by atoms with Crippen molar-refractivity contribution >= 4 is 27.3 Å². The van der Waals surface area contributed by atoms with Gasteiger partial charge in [-0.2, -0.15) is 0 Å². The molecule has 6 nitrogen and oxygen atoms in total. The van der Waals surface area contributed by atoms with E-state index in [1.807, 2.05) is 6.92 Å². The Morgan fingerprint density at radius 1 is 1.14 bits per heavy atom. The topological polar surface area (TPSA) is 84.8 Å². The van der Waals surface area contributed by atoms with Crippen LogP contribution < -0.4 is 4.72 Å². The zero-order chi connectivity index (χ0) is 20.5. The number of hydrogen-bond acceptors (Lipinski definition) is 5. The van der Waals surface area contributed by atoms with Gasteiger partial charge in [-0.3, -0.25) is 9.71 Å². The van der Waals surface area contributed by atoms with Crippen LogP contribution in [0.25, 0.3) is 11.1 Å². The Labute approximate surface area is 165 Å². The molecule has 3 rings (SSSR count). The molecule has 0 atom stereocenters. The first-order chi connectivity index (χ1) is 13.2. The van der Waals surface area contributed by atoms with E-state index >= 15 is 0 Å². The Balaban J connectivity index is 2.06. The third kappa shape index (κ3) is 3.95. The fourth-order valence-corrected chi connectivity index (χ4v) is 4.05. The highest BCUT2D eigenvalue weighted by Crippen LogP contribution is 2.32. The van der Waals surface area contributed by atoms with Gasteiger partial charge in [-0.25, -0.2) is 27.2 Å². The maximum Gasteiger partial charge on any atom is 0.264 e.